The summed E-state index contributed by atoms with van der Waals surface area (Å²) in [6.07, 6.45) is 2.44. The van der Waals surface area contributed by atoms with Crippen LogP contribution in [0.25, 0.3) is 6.08 Å². The van der Waals surface area contributed by atoms with Crippen molar-refractivity contribution in [1.29, 1.82) is 0 Å². The third-order valence-corrected chi connectivity index (χ3v) is 6.72. The minimum Gasteiger partial charge on any atom is -0.496 e. The summed E-state index contributed by atoms with van der Waals surface area (Å²) in [6.45, 7) is 6.56. The average Bonchev–Trinajstić information content (AvgIpc) is 2.75. The predicted molar refractivity (Wildman–Crippen MR) is 129 cm³/mol. The Kier molecular flexibility index (Phi) is 5.70. The Bertz CT molecular complexity index is 1190. The number of ether oxygens (including phenoxy) is 1. The maximum absolute atomic E-state index is 13.2. The van der Waals surface area contributed by atoms with Gasteiger partial charge in [0.25, 0.3) is 11.8 Å². The molecule has 2 heterocycles. The maximum Gasteiger partial charge on any atom is 0.335 e. The molecule has 2 aliphatic heterocycles. The molecule has 1 unspecified atom stereocenters. The minimum atomic E-state index is -0.806. The highest BCUT2D eigenvalue weighted by molar-refractivity contribution is 6.39. The van der Waals surface area contributed by atoms with Crippen LogP contribution in [0.15, 0.2) is 42.0 Å². The van der Waals surface area contributed by atoms with E-state index in [9.17, 15) is 14.4 Å². The third kappa shape index (κ3) is 3.97. The maximum atomic E-state index is 13.2. The van der Waals surface area contributed by atoms with E-state index in [1.54, 1.807) is 31.4 Å². The summed E-state index contributed by atoms with van der Waals surface area (Å²) in [5, 5.41) is 2.72. The zero-order chi connectivity index (χ0) is 24.1. The van der Waals surface area contributed by atoms with Crippen molar-refractivity contribution in [3.8, 4) is 5.75 Å². The number of carbonyl (C=O) groups excluding carboxylic acids is 3. The summed E-state index contributed by atoms with van der Waals surface area (Å²) in [7, 11) is 3.60. The van der Waals surface area contributed by atoms with Crippen LogP contribution < -0.4 is 19.9 Å². The third-order valence-electron chi connectivity index (χ3n) is 6.47. The Hall–Kier alpha value is -3.32. The summed E-state index contributed by atoms with van der Waals surface area (Å²) in [5.74, 6) is -0.649. The van der Waals surface area contributed by atoms with Gasteiger partial charge in [0.2, 0.25) is 0 Å². The number of methoxy groups -OCH3 is 1. The van der Waals surface area contributed by atoms with Crippen LogP contribution in [0.5, 0.6) is 5.75 Å². The molecule has 4 amide bonds. The quantitative estimate of drug-likeness (QED) is 0.521. The van der Waals surface area contributed by atoms with Gasteiger partial charge in [-0.05, 0) is 68.2 Å². The zero-order valence-electron chi connectivity index (χ0n) is 19.2. The van der Waals surface area contributed by atoms with Gasteiger partial charge in [0.05, 0.1) is 12.8 Å². The number of carbonyl (C=O) groups is 3. The van der Waals surface area contributed by atoms with Crippen LogP contribution in [-0.2, 0) is 9.59 Å². The lowest BCUT2D eigenvalue weighted by Gasteiger charge is -2.45. The Morgan fingerprint density at radius 1 is 1.15 bits per heavy atom. The molecule has 7 nitrogen and oxygen atoms in total. The minimum absolute atomic E-state index is 0.0178. The Morgan fingerprint density at radius 2 is 1.82 bits per heavy atom. The van der Waals surface area contributed by atoms with Gasteiger partial charge >= 0.3 is 6.03 Å². The average molecular weight is 468 g/mol. The number of halogens is 1. The van der Waals surface area contributed by atoms with Crippen LogP contribution in [-0.4, -0.2) is 37.5 Å². The van der Waals surface area contributed by atoms with E-state index in [0.29, 0.717) is 22.0 Å². The predicted octanol–water partition coefficient (Wildman–Crippen LogP) is 4.74. The molecular formula is C25H26ClN3O4. The van der Waals surface area contributed by atoms with Gasteiger partial charge in [-0.15, -0.1) is 0 Å². The summed E-state index contributed by atoms with van der Waals surface area (Å²) >= 11 is 5.93. The van der Waals surface area contributed by atoms with Crippen molar-refractivity contribution in [3.63, 3.8) is 0 Å². The van der Waals surface area contributed by atoms with Crippen LogP contribution in [0.3, 0.4) is 0 Å². The van der Waals surface area contributed by atoms with Crippen LogP contribution in [0.4, 0.5) is 16.2 Å². The second-order valence-corrected chi connectivity index (χ2v) is 9.50. The SMILES string of the molecule is COc1cc2c(cc1/C=C1/C(=O)NC(=O)N(c3ccc(Cl)cc3)C1=O)C(C)CC(C)(C)N2C. The second kappa shape index (κ2) is 8.23. The second-order valence-electron chi connectivity index (χ2n) is 9.06. The highest BCUT2D eigenvalue weighted by Gasteiger charge is 2.38. The van der Waals surface area contributed by atoms with Crippen molar-refractivity contribution in [1.82, 2.24) is 5.32 Å². The molecule has 33 heavy (non-hydrogen) atoms. The lowest BCUT2D eigenvalue weighted by Crippen LogP contribution is -2.54. The topological polar surface area (TPSA) is 79.0 Å². The fraction of sp³-hybridized carbons (Fsp3) is 0.320. The first-order chi connectivity index (χ1) is 15.5. The molecule has 4 rings (SSSR count). The highest BCUT2D eigenvalue weighted by Crippen LogP contribution is 2.45. The van der Waals surface area contributed by atoms with Gasteiger partial charge in [0.15, 0.2) is 0 Å². The van der Waals surface area contributed by atoms with Crippen LogP contribution in [0.1, 0.15) is 44.2 Å². The Labute approximate surface area is 198 Å². The van der Waals surface area contributed by atoms with Gasteiger partial charge in [-0.25, -0.2) is 9.69 Å². The number of anilines is 2. The number of urea groups is 1. The van der Waals surface area contributed by atoms with E-state index in [0.717, 1.165) is 22.6 Å². The number of hydrogen-bond acceptors (Lipinski definition) is 5. The largest absolute Gasteiger partial charge is 0.496 e. The summed E-state index contributed by atoms with van der Waals surface area (Å²) in [6, 6.07) is 9.33. The molecular weight excluding hydrogens is 442 g/mol. The first-order valence-corrected chi connectivity index (χ1v) is 11.0. The first-order valence-electron chi connectivity index (χ1n) is 10.7. The summed E-state index contributed by atoms with van der Waals surface area (Å²) in [5.41, 5.74) is 2.90. The standard InChI is InChI=1S/C25H26ClN3O4/c1-14-13-25(2,3)28(4)20-12-21(33-5)15(10-18(14)20)11-19-22(30)27-24(32)29(23(19)31)17-8-6-16(26)7-9-17/h6-12,14H,13H2,1-5H3,(H,27,30,32)/b19-11-. The Morgan fingerprint density at radius 3 is 2.45 bits per heavy atom. The number of fused-ring (bicyclic) bond motifs is 1. The van der Waals surface area contributed by atoms with Gasteiger partial charge < -0.3 is 9.64 Å². The van der Waals surface area contributed by atoms with Crippen molar-refractivity contribution >= 4 is 46.9 Å². The summed E-state index contributed by atoms with van der Waals surface area (Å²) in [4.78, 5) is 41.4. The number of nitrogens with zero attached hydrogens (tertiary/aromatic N) is 2. The lowest BCUT2D eigenvalue weighted by atomic mass is 9.79. The molecule has 0 aromatic heterocycles. The monoisotopic (exact) mass is 467 g/mol. The number of rotatable bonds is 3. The molecule has 0 bridgehead atoms. The Balaban J connectivity index is 1.80. The molecule has 0 radical (unpaired) electrons. The molecule has 1 N–H and O–H groups in total. The normalized spacial score (nSPS) is 21.2. The molecule has 0 saturated carbocycles. The van der Waals surface area contributed by atoms with E-state index in [4.69, 9.17) is 16.3 Å². The number of imide groups is 2. The van der Waals surface area contributed by atoms with Crippen molar-refractivity contribution in [3.05, 3.63) is 58.1 Å². The van der Waals surface area contributed by atoms with Crippen molar-refractivity contribution < 1.29 is 19.1 Å². The molecule has 8 heteroatoms. The number of hydrogen-bond donors (Lipinski definition) is 1. The molecule has 172 valence electrons. The van der Waals surface area contributed by atoms with Gasteiger partial charge in [0, 0.05) is 34.9 Å². The molecule has 0 aliphatic carbocycles. The van der Waals surface area contributed by atoms with E-state index in [1.807, 2.05) is 12.1 Å². The van der Waals surface area contributed by atoms with E-state index < -0.39 is 17.8 Å². The molecule has 1 fully saturated rings. The van der Waals surface area contributed by atoms with E-state index in [-0.39, 0.29) is 17.0 Å². The first kappa shape index (κ1) is 22.9. The van der Waals surface area contributed by atoms with E-state index in [2.05, 4.69) is 38.0 Å². The highest BCUT2D eigenvalue weighted by atomic mass is 35.5. The molecule has 2 aliphatic rings. The molecule has 2 aromatic carbocycles. The van der Waals surface area contributed by atoms with Gasteiger partial charge in [-0.2, -0.15) is 0 Å². The van der Waals surface area contributed by atoms with Gasteiger partial charge in [-0.1, -0.05) is 18.5 Å². The van der Waals surface area contributed by atoms with Crippen LogP contribution in [0, 0.1) is 0 Å². The zero-order valence-corrected chi connectivity index (χ0v) is 20.0. The number of amides is 4. The van der Waals surface area contributed by atoms with Crippen LogP contribution >= 0.6 is 11.6 Å². The fourth-order valence-corrected chi connectivity index (χ4v) is 4.66. The smallest absolute Gasteiger partial charge is 0.335 e. The fourth-order valence-electron chi connectivity index (χ4n) is 4.54. The van der Waals surface area contributed by atoms with Gasteiger partial charge in [0.1, 0.15) is 11.3 Å². The molecule has 0 spiro atoms. The van der Waals surface area contributed by atoms with Crippen molar-refractivity contribution in [2.45, 2.75) is 38.6 Å². The van der Waals surface area contributed by atoms with Crippen LogP contribution in [0.2, 0.25) is 5.02 Å². The summed E-state index contributed by atoms with van der Waals surface area (Å²) < 4.78 is 5.61. The van der Waals surface area contributed by atoms with E-state index >= 15 is 0 Å². The molecule has 2 aromatic rings. The number of barbiturate groups is 1. The van der Waals surface area contributed by atoms with Crippen molar-refractivity contribution in [2.24, 2.45) is 0 Å². The number of benzene rings is 2. The molecule has 1 atom stereocenters. The number of nitrogens with one attached hydrogen (secondary N) is 1. The lowest BCUT2D eigenvalue weighted by molar-refractivity contribution is -0.122. The van der Waals surface area contributed by atoms with E-state index in [1.165, 1.54) is 6.08 Å². The van der Waals surface area contributed by atoms with Gasteiger partial charge in [-0.3, -0.25) is 14.9 Å². The van der Waals surface area contributed by atoms with Crippen molar-refractivity contribution in [2.75, 3.05) is 24.0 Å². The molecule has 1 saturated heterocycles.